The third kappa shape index (κ3) is 2.60. The average molecular weight is 343 g/mol. The van der Waals surface area contributed by atoms with E-state index in [2.05, 4.69) is 15.9 Å². The van der Waals surface area contributed by atoms with Crippen LogP contribution in [0.4, 0.5) is 13.2 Å². The lowest BCUT2D eigenvalue weighted by Crippen LogP contribution is -2.04. The van der Waals surface area contributed by atoms with E-state index in [9.17, 15) is 13.2 Å². The molecule has 2 aromatic carbocycles. The molecule has 0 N–H and O–H groups in total. The molecule has 0 bridgehead atoms. The van der Waals surface area contributed by atoms with Crippen molar-refractivity contribution in [2.24, 2.45) is 0 Å². The summed E-state index contributed by atoms with van der Waals surface area (Å²) in [5.74, 6) is 0. The van der Waals surface area contributed by atoms with E-state index in [1.165, 1.54) is 12.1 Å². The van der Waals surface area contributed by atoms with Gasteiger partial charge in [0.2, 0.25) is 0 Å². The van der Waals surface area contributed by atoms with E-state index in [0.717, 1.165) is 27.7 Å². The van der Waals surface area contributed by atoms with Crippen LogP contribution in [0, 0.1) is 0 Å². The lowest BCUT2D eigenvalue weighted by Gasteiger charge is -2.06. The van der Waals surface area contributed by atoms with Crippen molar-refractivity contribution < 1.29 is 17.9 Å². The van der Waals surface area contributed by atoms with Crippen LogP contribution in [-0.2, 0) is 10.9 Å². The minimum Gasteiger partial charge on any atom is -0.359 e. The fraction of sp³-hybridized carbons (Fsp3) is 0.200. The number of halogens is 4. The number of alkyl halides is 3. The van der Waals surface area contributed by atoms with Gasteiger partial charge in [0.15, 0.2) is 0 Å². The Morgan fingerprint density at radius 3 is 2.15 bits per heavy atom. The Labute approximate surface area is 122 Å². The van der Waals surface area contributed by atoms with Gasteiger partial charge in [0, 0.05) is 4.47 Å². The summed E-state index contributed by atoms with van der Waals surface area (Å²) in [6.07, 6.45) is -4.57. The normalized spacial score (nSPS) is 21.8. The first-order valence-electron chi connectivity index (χ1n) is 6.04. The van der Waals surface area contributed by atoms with Crippen molar-refractivity contribution >= 4 is 15.9 Å². The van der Waals surface area contributed by atoms with Crippen LogP contribution in [0.25, 0.3) is 0 Å². The van der Waals surface area contributed by atoms with Crippen LogP contribution in [0.3, 0.4) is 0 Å². The van der Waals surface area contributed by atoms with Crippen LogP contribution in [0.1, 0.15) is 28.9 Å². The predicted octanol–water partition coefficient (Wildman–Crippen LogP) is 5.28. The molecule has 0 radical (unpaired) electrons. The number of ether oxygens (including phenoxy) is 1. The van der Waals surface area contributed by atoms with Gasteiger partial charge in [-0.25, -0.2) is 0 Å². The van der Waals surface area contributed by atoms with E-state index in [4.69, 9.17) is 4.74 Å². The first-order chi connectivity index (χ1) is 9.47. The first-order valence-corrected chi connectivity index (χ1v) is 6.83. The molecular weight excluding hydrogens is 333 g/mol. The molecule has 1 aliphatic heterocycles. The van der Waals surface area contributed by atoms with Crippen LogP contribution < -0.4 is 0 Å². The SMILES string of the molecule is FC(F)(F)c1ccc([C@@H]2O[C@H]2c2ccccc2Br)cc1. The summed E-state index contributed by atoms with van der Waals surface area (Å²) < 4.78 is 44.0. The van der Waals surface area contributed by atoms with Crippen LogP contribution in [0.15, 0.2) is 53.0 Å². The molecule has 0 spiro atoms. The minimum absolute atomic E-state index is 0.0951. The summed E-state index contributed by atoms with van der Waals surface area (Å²) in [5, 5.41) is 0. The molecule has 5 heteroatoms. The highest BCUT2D eigenvalue weighted by Gasteiger charge is 2.42. The van der Waals surface area contributed by atoms with Crippen LogP contribution in [0.2, 0.25) is 0 Å². The van der Waals surface area contributed by atoms with Gasteiger partial charge in [0.05, 0.1) is 5.56 Å². The van der Waals surface area contributed by atoms with E-state index in [1.54, 1.807) is 0 Å². The van der Waals surface area contributed by atoms with Crippen molar-refractivity contribution in [1.82, 2.24) is 0 Å². The fourth-order valence-electron chi connectivity index (χ4n) is 2.17. The Morgan fingerprint density at radius 1 is 0.900 bits per heavy atom. The molecule has 0 aliphatic carbocycles. The molecule has 0 unspecified atom stereocenters. The summed E-state index contributed by atoms with van der Waals surface area (Å²) in [6.45, 7) is 0. The molecule has 1 heterocycles. The van der Waals surface area contributed by atoms with Crippen molar-refractivity contribution in [2.75, 3.05) is 0 Å². The Morgan fingerprint density at radius 2 is 1.55 bits per heavy atom. The largest absolute Gasteiger partial charge is 0.416 e. The summed E-state index contributed by atoms with van der Waals surface area (Å²) in [6, 6.07) is 12.8. The van der Waals surface area contributed by atoms with Gasteiger partial charge in [0.1, 0.15) is 12.2 Å². The van der Waals surface area contributed by atoms with Crippen molar-refractivity contribution in [3.63, 3.8) is 0 Å². The first kappa shape index (κ1) is 13.6. The van der Waals surface area contributed by atoms with Gasteiger partial charge in [-0.15, -0.1) is 0 Å². The maximum absolute atomic E-state index is 12.5. The minimum atomic E-state index is -4.30. The smallest absolute Gasteiger partial charge is 0.359 e. The van der Waals surface area contributed by atoms with E-state index in [0.29, 0.717) is 0 Å². The summed E-state index contributed by atoms with van der Waals surface area (Å²) in [5.41, 5.74) is 1.13. The van der Waals surface area contributed by atoms with Crippen LogP contribution in [0.5, 0.6) is 0 Å². The number of epoxide rings is 1. The Hall–Kier alpha value is -1.33. The third-order valence-electron chi connectivity index (χ3n) is 3.27. The van der Waals surface area contributed by atoms with Gasteiger partial charge in [-0.1, -0.05) is 46.3 Å². The summed E-state index contributed by atoms with van der Waals surface area (Å²) in [4.78, 5) is 0. The van der Waals surface area contributed by atoms with E-state index in [-0.39, 0.29) is 12.2 Å². The number of rotatable bonds is 2. The second-order valence-electron chi connectivity index (χ2n) is 4.62. The Kier molecular flexibility index (Phi) is 3.34. The van der Waals surface area contributed by atoms with Gasteiger partial charge in [0.25, 0.3) is 0 Å². The number of hydrogen-bond donors (Lipinski definition) is 0. The molecule has 1 aliphatic rings. The highest BCUT2D eigenvalue weighted by molar-refractivity contribution is 9.10. The standard InChI is InChI=1S/C15H10BrF3O/c16-12-4-2-1-3-11(12)14-13(20-14)9-5-7-10(8-6-9)15(17,18)19/h1-8,13-14H/t13-,14-/m0/s1. The molecule has 0 saturated carbocycles. The summed E-state index contributed by atoms with van der Waals surface area (Å²) in [7, 11) is 0. The highest BCUT2D eigenvalue weighted by Crippen LogP contribution is 2.52. The highest BCUT2D eigenvalue weighted by atomic mass is 79.9. The molecule has 0 aromatic heterocycles. The van der Waals surface area contributed by atoms with Gasteiger partial charge in [-0.3, -0.25) is 0 Å². The lowest BCUT2D eigenvalue weighted by molar-refractivity contribution is -0.137. The summed E-state index contributed by atoms with van der Waals surface area (Å²) >= 11 is 3.45. The third-order valence-corrected chi connectivity index (χ3v) is 3.99. The van der Waals surface area contributed by atoms with E-state index >= 15 is 0 Å². The zero-order valence-electron chi connectivity index (χ0n) is 10.2. The van der Waals surface area contributed by atoms with Crippen molar-refractivity contribution in [3.05, 3.63) is 69.7 Å². The molecule has 2 atom stereocenters. The van der Waals surface area contributed by atoms with Crippen molar-refractivity contribution in [1.29, 1.82) is 0 Å². The predicted molar refractivity (Wildman–Crippen MR) is 72.2 cm³/mol. The fourth-order valence-corrected chi connectivity index (χ4v) is 2.68. The maximum Gasteiger partial charge on any atom is 0.416 e. The number of hydrogen-bond acceptors (Lipinski definition) is 1. The molecule has 1 saturated heterocycles. The second kappa shape index (κ2) is 4.90. The average Bonchev–Trinajstić information content (AvgIpc) is 3.19. The van der Waals surface area contributed by atoms with Gasteiger partial charge < -0.3 is 4.74 Å². The molecule has 1 fully saturated rings. The lowest BCUT2D eigenvalue weighted by atomic mass is 10.0. The zero-order chi connectivity index (χ0) is 14.3. The van der Waals surface area contributed by atoms with Crippen LogP contribution >= 0.6 is 15.9 Å². The van der Waals surface area contributed by atoms with Gasteiger partial charge in [-0.05, 0) is 29.3 Å². The van der Waals surface area contributed by atoms with Crippen molar-refractivity contribution in [2.45, 2.75) is 18.4 Å². The topological polar surface area (TPSA) is 12.5 Å². The van der Waals surface area contributed by atoms with E-state index in [1.807, 2.05) is 24.3 Å². The van der Waals surface area contributed by atoms with Gasteiger partial charge >= 0.3 is 6.18 Å². The molecule has 0 amide bonds. The Balaban J connectivity index is 1.78. The molecule has 20 heavy (non-hydrogen) atoms. The molecule has 104 valence electrons. The van der Waals surface area contributed by atoms with Crippen LogP contribution in [-0.4, -0.2) is 0 Å². The quantitative estimate of drug-likeness (QED) is 0.676. The van der Waals surface area contributed by atoms with Crippen molar-refractivity contribution in [3.8, 4) is 0 Å². The zero-order valence-corrected chi connectivity index (χ0v) is 11.8. The molecule has 1 nitrogen and oxygen atoms in total. The molecule has 2 aromatic rings. The monoisotopic (exact) mass is 342 g/mol. The second-order valence-corrected chi connectivity index (χ2v) is 5.47. The Bertz CT molecular complexity index is 622. The molecule has 3 rings (SSSR count). The number of benzene rings is 2. The molecular formula is C15H10BrF3O. The van der Waals surface area contributed by atoms with E-state index < -0.39 is 11.7 Å². The van der Waals surface area contributed by atoms with Gasteiger partial charge in [-0.2, -0.15) is 13.2 Å². The maximum atomic E-state index is 12.5.